The molecular weight excluding hydrogens is 446 g/mol. The van der Waals surface area contributed by atoms with Crippen molar-refractivity contribution in [2.75, 3.05) is 6.26 Å². The van der Waals surface area contributed by atoms with Gasteiger partial charge < -0.3 is 0 Å². The molecule has 4 nitrogen and oxygen atoms in total. The number of hydrogen-bond acceptors (Lipinski definition) is 3. The first kappa shape index (κ1) is 22.9. The Balaban J connectivity index is 2.37. The van der Waals surface area contributed by atoms with Gasteiger partial charge >= 0.3 is 12.1 Å². The van der Waals surface area contributed by atoms with Crippen LogP contribution in [0.15, 0.2) is 53.4 Å². The van der Waals surface area contributed by atoms with E-state index in [9.17, 15) is 34.8 Å². The fraction of sp³-hybridized carbons (Fsp3) is 0.250. The van der Waals surface area contributed by atoms with Gasteiger partial charge in [-0.2, -0.15) is 27.1 Å². The summed E-state index contributed by atoms with van der Waals surface area (Å²) in [6.07, 6.45) is -4.95. The second-order valence-electron chi connectivity index (χ2n) is 6.77. The van der Waals surface area contributed by atoms with Gasteiger partial charge in [0.1, 0.15) is 17.2 Å². The maximum absolute atomic E-state index is 14.5. The molecule has 0 atom stereocenters. The molecule has 0 bridgehead atoms. The second-order valence-corrected chi connectivity index (χ2v) is 8.78. The van der Waals surface area contributed by atoms with Gasteiger partial charge in [0.15, 0.2) is 9.84 Å². The Morgan fingerprint density at radius 1 is 0.968 bits per heavy atom. The van der Waals surface area contributed by atoms with Crippen LogP contribution in [0.2, 0.25) is 0 Å². The molecule has 0 fully saturated rings. The van der Waals surface area contributed by atoms with Crippen molar-refractivity contribution in [3.8, 4) is 22.4 Å². The van der Waals surface area contributed by atoms with Crippen LogP contribution in [0.3, 0.4) is 0 Å². The summed E-state index contributed by atoms with van der Waals surface area (Å²) in [5.41, 5.74) is -2.39. The van der Waals surface area contributed by atoms with Crippen LogP contribution in [0.5, 0.6) is 0 Å². The van der Waals surface area contributed by atoms with Crippen molar-refractivity contribution in [1.82, 2.24) is 9.78 Å². The molecule has 1 aromatic heterocycles. The molecule has 0 saturated heterocycles. The van der Waals surface area contributed by atoms with E-state index in [1.165, 1.54) is 43.3 Å². The molecule has 2 aromatic carbocycles. The number of nitrogens with zero attached hydrogens (tertiary/aromatic N) is 2. The molecule has 11 heteroatoms. The highest BCUT2D eigenvalue weighted by Crippen LogP contribution is 2.49. The first-order valence-electron chi connectivity index (χ1n) is 8.89. The van der Waals surface area contributed by atoms with Gasteiger partial charge in [-0.25, -0.2) is 12.8 Å². The third-order valence-electron chi connectivity index (χ3n) is 4.57. The van der Waals surface area contributed by atoms with Gasteiger partial charge in [-0.15, -0.1) is 0 Å². The van der Waals surface area contributed by atoms with Crippen molar-refractivity contribution in [1.29, 1.82) is 0 Å². The van der Waals surface area contributed by atoms with Crippen LogP contribution >= 0.6 is 0 Å². The summed E-state index contributed by atoms with van der Waals surface area (Å²) in [4.78, 5) is -0.0701. The van der Waals surface area contributed by atoms with Crippen molar-refractivity contribution in [2.45, 2.75) is 30.5 Å². The molecule has 0 N–H and O–H groups in total. The van der Waals surface area contributed by atoms with Crippen molar-refractivity contribution >= 4 is 9.84 Å². The van der Waals surface area contributed by atoms with Crippen LogP contribution < -0.4 is 0 Å². The predicted molar refractivity (Wildman–Crippen MR) is 102 cm³/mol. The van der Waals surface area contributed by atoms with Gasteiger partial charge in [-0.3, -0.25) is 4.68 Å². The van der Waals surface area contributed by atoms with E-state index in [4.69, 9.17) is 0 Å². The van der Waals surface area contributed by atoms with Gasteiger partial charge in [0, 0.05) is 23.9 Å². The fourth-order valence-electron chi connectivity index (χ4n) is 3.12. The van der Waals surface area contributed by atoms with Crippen LogP contribution in [-0.2, 0) is 22.3 Å². The minimum absolute atomic E-state index is 0.0701. The standard InChI is InChI=1S/C20H16F6N2O2S/c1-3-28-18(19(22,23)20(24,25)26)16(13-5-4-6-14(21)11-13)17(27-28)12-7-9-15(10-8-12)31(2,29)30/h4-11H,3H2,1-2H3. The monoisotopic (exact) mass is 462 g/mol. The van der Waals surface area contributed by atoms with Crippen molar-refractivity contribution in [3.05, 3.63) is 60.0 Å². The SMILES string of the molecule is CCn1nc(-c2ccc(S(C)(=O)=O)cc2)c(-c2cccc(F)c2)c1C(F)(F)C(F)(F)F. The first-order chi connectivity index (χ1) is 14.3. The minimum atomic E-state index is -5.92. The highest BCUT2D eigenvalue weighted by atomic mass is 32.2. The molecule has 1 heterocycles. The molecular formula is C20H16F6N2O2S. The topological polar surface area (TPSA) is 52.0 Å². The Hall–Kier alpha value is -2.82. The summed E-state index contributed by atoms with van der Waals surface area (Å²) in [5, 5.41) is 3.94. The first-order valence-corrected chi connectivity index (χ1v) is 10.8. The van der Waals surface area contributed by atoms with Gasteiger partial charge in [-0.05, 0) is 36.8 Å². The lowest BCUT2D eigenvalue weighted by molar-refractivity contribution is -0.291. The number of hydrogen-bond donors (Lipinski definition) is 0. The van der Waals surface area contributed by atoms with Crippen LogP contribution in [0.1, 0.15) is 12.6 Å². The van der Waals surface area contributed by atoms with Crippen molar-refractivity contribution in [2.24, 2.45) is 0 Å². The van der Waals surface area contributed by atoms with E-state index >= 15 is 0 Å². The lowest BCUT2D eigenvalue weighted by Gasteiger charge is -2.22. The Bertz CT molecular complexity index is 1220. The molecule has 0 amide bonds. The van der Waals surface area contributed by atoms with E-state index in [0.29, 0.717) is 4.68 Å². The number of benzene rings is 2. The quantitative estimate of drug-likeness (QED) is 0.475. The smallest absolute Gasteiger partial charge is 0.262 e. The lowest BCUT2D eigenvalue weighted by Crippen LogP contribution is -2.36. The number of rotatable bonds is 5. The normalized spacial score (nSPS) is 12.9. The number of aryl methyl sites for hydroxylation is 1. The fourth-order valence-corrected chi connectivity index (χ4v) is 3.75. The lowest BCUT2D eigenvalue weighted by atomic mass is 9.96. The zero-order valence-electron chi connectivity index (χ0n) is 16.2. The minimum Gasteiger partial charge on any atom is -0.262 e. The Morgan fingerprint density at radius 3 is 2.06 bits per heavy atom. The molecule has 3 aromatic rings. The zero-order chi connectivity index (χ0) is 23.2. The number of aromatic nitrogens is 2. The maximum atomic E-state index is 14.5. The molecule has 3 rings (SSSR count). The zero-order valence-corrected chi connectivity index (χ0v) is 17.0. The van der Waals surface area contributed by atoms with Crippen LogP contribution in [0.4, 0.5) is 26.3 Å². The van der Waals surface area contributed by atoms with Gasteiger partial charge in [0.2, 0.25) is 0 Å². The molecule has 0 unspecified atom stereocenters. The van der Waals surface area contributed by atoms with E-state index in [0.717, 1.165) is 18.4 Å². The Labute approximate surface area is 174 Å². The van der Waals surface area contributed by atoms with Crippen LogP contribution in [-0.4, -0.2) is 30.6 Å². The van der Waals surface area contributed by atoms with Crippen LogP contribution in [0.25, 0.3) is 22.4 Å². The molecule has 0 aliphatic rings. The van der Waals surface area contributed by atoms with E-state index in [2.05, 4.69) is 5.10 Å². The molecule has 166 valence electrons. The molecule has 0 aliphatic heterocycles. The Morgan fingerprint density at radius 2 is 1.58 bits per heavy atom. The predicted octanol–water partition coefficient (Wildman–Crippen LogP) is 5.43. The van der Waals surface area contributed by atoms with Crippen molar-refractivity contribution < 1.29 is 34.8 Å². The summed E-state index contributed by atoms with van der Waals surface area (Å²) in [6.45, 7) is 1.03. The van der Waals surface area contributed by atoms with Crippen molar-refractivity contribution in [3.63, 3.8) is 0 Å². The molecule has 0 saturated carbocycles. The molecule has 0 aliphatic carbocycles. The van der Waals surface area contributed by atoms with E-state index < -0.39 is 39.0 Å². The van der Waals surface area contributed by atoms with Gasteiger partial charge in [0.05, 0.1) is 4.90 Å². The largest absolute Gasteiger partial charge is 0.459 e. The van der Waals surface area contributed by atoms with E-state index in [-0.39, 0.29) is 28.3 Å². The van der Waals surface area contributed by atoms with Gasteiger partial charge in [-0.1, -0.05) is 24.3 Å². The highest BCUT2D eigenvalue weighted by Gasteiger charge is 2.62. The maximum Gasteiger partial charge on any atom is 0.459 e. The summed E-state index contributed by atoms with van der Waals surface area (Å²) >= 11 is 0. The third kappa shape index (κ3) is 4.18. The van der Waals surface area contributed by atoms with E-state index in [1.54, 1.807) is 0 Å². The highest BCUT2D eigenvalue weighted by molar-refractivity contribution is 7.90. The van der Waals surface area contributed by atoms with Crippen LogP contribution in [0, 0.1) is 5.82 Å². The van der Waals surface area contributed by atoms with Gasteiger partial charge in [0.25, 0.3) is 0 Å². The Kier molecular flexibility index (Phi) is 5.68. The number of alkyl halides is 5. The summed E-state index contributed by atoms with van der Waals surface area (Å²) in [7, 11) is -3.56. The molecule has 0 radical (unpaired) electrons. The third-order valence-corrected chi connectivity index (χ3v) is 5.70. The number of halogens is 6. The average Bonchev–Trinajstić information content (AvgIpc) is 3.07. The molecule has 0 spiro atoms. The van der Waals surface area contributed by atoms with E-state index in [1.807, 2.05) is 0 Å². The molecule has 31 heavy (non-hydrogen) atoms. The summed E-state index contributed by atoms with van der Waals surface area (Å²) in [5.74, 6) is -6.11. The number of sulfone groups is 1. The summed E-state index contributed by atoms with van der Waals surface area (Å²) in [6, 6.07) is 9.11. The average molecular weight is 462 g/mol. The second kappa shape index (κ2) is 7.70. The summed E-state index contributed by atoms with van der Waals surface area (Å²) < 4.78 is 107.